The molecule has 2 aromatic heterocycles. The number of thiophene rings is 1. The summed E-state index contributed by atoms with van der Waals surface area (Å²) in [5.74, 6) is 0. The van der Waals surface area contributed by atoms with E-state index >= 15 is 0 Å². The van der Waals surface area contributed by atoms with Crippen molar-refractivity contribution < 1.29 is 4.79 Å². The predicted octanol–water partition coefficient (Wildman–Crippen LogP) is 2.11. The largest absolute Gasteiger partial charge is 0.298 e. The Morgan fingerprint density at radius 1 is 1.55 bits per heavy atom. The van der Waals surface area contributed by atoms with E-state index in [0.29, 0.717) is 0 Å². The van der Waals surface area contributed by atoms with Crippen molar-refractivity contribution in [1.82, 2.24) is 4.98 Å². The number of fused-ring (bicyclic) bond motifs is 1. The Kier molecular flexibility index (Phi) is 1.43. The monoisotopic (exact) mass is 163 g/mol. The zero-order valence-corrected chi connectivity index (χ0v) is 6.47. The van der Waals surface area contributed by atoms with E-state index in [1.165, 1.54) is 0 Å². The fraction of sp³-hybridized carbons (Fsp3) is 0. The van der Waals surface area contributed by atoms with Crippen molar-refractivity contribution in [3.8, 4) is 0 Å². The van der Waals surface area contributed by atoms with Gasteiger partial charge in [-0.05, 0) is 6.07 Å². The SMILES string of the molecule is O=Cc1csc2ccncc12. The van der Waals surface area contributed by atoms with Crippen LogP contribution in [0.4, 0.5) is 0 Å². The van der Waals surface area contributed by atoms with Crippen molar-refractivity contribution in [1.29, 1.82) is 0 Å². The highest BCUT2D eigenvalue weighted by molar-refractivity contribution is 7.17. The van der Waals surface area contributed by atoms with Gasteiger partial charge in [0.05, 0.1) is 0 Å². The zero-order chi connectivity index (χ0) is 7.68. The van der Waals surface area contributed by atoms with Gasteiger partial charge in [-0.25, -0.2) is 0 Å². The molecule has 11 heavy (non-hydrogen) atoms. The van der Waals surface area contributed by atoms with Crippen LogP contribution in [0.15, 0.2) is 23.8 Å². The molecule has 3 heteroatoms. The topological polar surface area (TPSA) is 30.0 Å². The van der Waals surface area contributed by atoms with Gasteiger partial charge in [0, 0.05) is 33.4 Å². The first-order valence-electron chi connectivity index (χ1n) is 3.18. The molecular weight excluding hydrogens is 158 g/mol. The Morgan fingerprint density at radius 2 is 2.45 bits per heavy atom. The molecule has 0 aliphatic heterocycles. The number of rotatable bonds is 1. The van der Waals surface area contributed by atoms with Crippen molar-refractivity contribution in [3.05, 3.63) is 29.4 Å². The van der Waals surface area contributed by atoms with Gasteiger partial charge in [0.15, 0.2) is 6.29 Å². The van der Waals surface area contributed by atoms with Gasteiger partial charge in [-0.3, -0.25) is 9.78 Å². The van der Waals surface area contributed by atoms with Crippen LogP contribution in [-0.2, 0) is 0 Å². The number of aromatic nitrogens is 1. The highest BCUT2D eigenvalue weighted by atomic mass is 32.1. The first-order chi connectivity index (χ1) is 5.42. The van der Waals surface area contributed by atoms with Gasteiger partial charge in [0.1, 0.15) is 0 Å². The summed E-state index contributed by atoms with van der Waals surface area (Å²) in [5, 5.41) is 2.80. The summed E-state index contributed by atoms with van der Waals surface area (Å²) in [7, 11) is 0. The molecule has 0 N–H and O–H groups in total. The maximum atomic E-state index is 10.5. The number of aldehydes is 1. The summed E-state index contributed by atoms with van der Waals surface area (Å²) in [6, 6.07) is 1.91. The maximum Gasteiger partial charge on any atom is 0.151 e. The van der Waals surface area contributed by atoms with E-state index in [1.807, 2.05) is 11.4 Å². The van der Waals surface area contributed by atoms with E-state index in [4.69, 9.17) is 0 Å². The quantitative estimate of drug-likeness (QED) is 0.602. The first-order valence-corrected chi connectivity index (χ1v) is 4.06. The van der Waals surface area contributed by atoms with Crippen molar-refractivity contribution >= 4 is 27.7 Å². The van der Waals surface area contributed by atoms with Crippen molar-refractivity contribution in [2.24, 2.45) is 0 Å². The molecule has 0 aromatic carbocycles. The van der Waals surface area contributed by atoms with Gasteiger partial charge in [-0.15, -0.1) is 11.3 Å². The van der Waals surface area contributed by atoms with Crippen molar-refractivity contribution in [2.45, 2.75) is 0 Å². The minimum Gasteiger partial charge on any atom is -0.298 e. The number of carbonyl (C=O) groups is 1. The van der Waals surface area contributed by atoms with E-state index in [2.05, 4.69) is 4.98 Å². The molecule has 2 nitrogen and oxygen atoms in total. The van der Waals surface area contributed by atoms with Crippen LogP contribution < -0.4 is 0 Å². The van der Waals surface area contributed by atoms with E-state index in [0.717, 1.165) is 21.9 Å². The standard InChI is InChI=1S/C8H5NOS/c10-4-6-5-11-8-1-2-9-3-7(6)8/h1-5H. The fourth-order valence-corrected chi connectivity index (χ4v) is 1.86. The minimum atomic E-state index is 0.734. The summed E-state index contributed by atoms with van der Waals surface area (Å²) in [6.07, 6.45) is 4.31. The number of nitrogens with zero attached hydrogens (tertiary/aromatic N) is 1. The van der Waals surface area contributed by atoms with Gasteiger partial charge in [0.25, 0.3) is 0 Å². The lowest BCUT2D eigenvalue weighted by Gasteiger charge is -1.85. The van der Waals surface area contributed by atoms with Gasteiger partial charge in [0.2, 0.25) is 0 Å². The first kappa shape index (κ1) is 6.49. The van der Waals surface area contributed by atoms with Crippen LogP contribution in [0.5, 0.6) is 0 Å². The highest BCUT2D eigenvalue weighted by Crippen LogP contribution is 2.22. The third kappa shape index (κ3) is 0.935. The highest BCUT2D eigenvalue weighted by Gasteiger charge is 2.00. The van der Waals surface area contributed by atoms with Gasteiger partial charge >= 0.3 is 0 Å². The molecule has 0 unspecified atom stereocenters. The van der Waals surface area contributed by atoms with E-state index in [-0.39, 0.29) is 0 Å². The lowest BCUT2D eigenvalue weighted by atomic mass is 10.2. The average molecular weight is 163 g/mol. The second-order valence-electron chi connectivity index (χ2n) is 2.18. The van der Waals surface area contributed by atoms with E-state index in [9.17, 15) is 4.79 Å². The van der Waals surface area contributed by atoms with Crippen molar-refractivity contribution in [3.63, 3.8) is 0 Å². The lowest BCUT2D eigenvalue weighted by Crippen LogP contribution is -1.74. The van der Waals surface area contributed by atoms with Crippen LogP contribution >= 0.6 is 11.3 Å². The van der Waals surface area contributed by atoms with Crippen LogP contribution in [0.3, 0.4) is 0 Å². The molecule has 0 fully saturated rings. The minimum absolute atomic E-state index is 0.734. The van der Waals surface area contributed by atoms with Gasteiger partial charge in [-0.1, -0.05) is 0 Å². The average Bonchev–Trinajstić information content (AvgIpc) is 2.47. The third-order valence-electron chi connectivity index (χ3n) is 1.53. The fourth-order valence-electron chi connectivity index (χ4n) is 0.983. The van der Waals surface area contributed by atoms with Crippen LogP contribution in [0.1, 0.15) is 10.4 Å². The van der Waals surface area contributed by atoms with Crippen LogP contribution in [0.25, 0.3) is 10.1 Å². The Morgan fingerprint density at radius 3 is 3.27 bits per heavy atom. The summed E-state index contributed by atoms with van der Waals surface area (Å²) >= 11 is 1.57. The second-order valence-corrected chi connectivity index (χ2v) is 3.09. The third-order valence-corrected chi connectivity index (χ3v) is 2.51. The van der Waals surface area contributed by atoms with Crippen molar-refractivity contribution in [2.75, 3.05) is 0 Å². The number of hydrogen-bond donors (Lipinski definition) is 0. The molecule has 0 amide bonds. The molecule has 2 rings (SSSR count). The molecule has 2 aromatic rings. The van der Waals surface area contributed by atoms with E-state index < -0.39 is 0 Å². The Bertz CT molecular complexity index is 394. The molecule has 0 atom stereocenters. The molecule has 0 spiro atoms. The summed E-state index contributed by atoms with van der Waals surface area (Å²) in [5.41, 5.74) is 0.734. The molecule has 0 aliphatic rings. The predicted molar refractivity (Wildman–Crippen MR) is 45.0 cm³/mol. The van der Waals surface area contributed by atoms with Crippen LogP contribution in [0, 0.1) is 0 Å². The van der Waals surface area contributed by atoms with Gasteiger partial charge in [-0.2, -0.15) is 0 Å². The Hall–Kier alpha value is -1.22. The summed E-state index contributed by atoms with van der Waals surface area (Å²) in [4.78, 5) is 14.4. The normalized spacial score (nSPS) is 10.2. The molecule has 0 saturated carbocycles. The van der Waals surface area contributed by atoms with Crippen LogP contribution in [-0.4, -0.2) is 11.3 Å². The molecule has 0 saturated heterocycles. The van der Waals surface area contributed by atoms with Crippen LogP contribution in [0.2, 0.25) is 0 Å². The molecule has 0 bridgehead atoms. The maximum absolute atomic E-state index is 10.5. The number of hydrogen-bond acceptors (Lipinski definition) is 3. The molecule has 54 valence electrons. The molecule has 0 radical (unpaired) electrons. The zero-order valence-electron chi connectivity index (χ0n) is 5.65. The molecule has 2 heterocycles. The summed E-state index contributed by atoms with van der Waals surface area (Å²) in [6.45, 7) is 0. The molecule has 0 aliphatic carbocycles. The van der Waals surface area contributed by atoms with E-state index in [1.54, 1.807) is 23.7 Å². The second kappa shape index (κ2) is 2.43. The number of carbonyl (C=O) groups excluding carboxylic acids is 1. The Balaban J connectivity index is 2.86. The lowest BCUT2D eigenvalue weighted by molar-refractivity contribution is 0.112. The molecular formula is C8H5NOS. The number of pyridine rings is 1. The summed E-state index contributed by atoms with van der Waals surface area (Å²) < 4.78 is 1.11. The smallest absolute Gasteiger partial charge is 0.151 e. The Labute approximate surface area is 67.5 Å². The van der Waals surface area contributed by atoms with Gasteiger partial charge < -0.3 is 0 Å².